The fourth-order valence-corrected chi connectivity index (χ4v) is 4.31. The number of non-ortho nitro benzene ring substituents is 1. The second-order valence-corrected chi connectivity index (χ2v) is 9.75. The average molecular weight is 425 g/mol. The van der Waals surface area contributed by atoms with E-state index in [2.05, 4.69) is 9.88 Å². The van der Waals surface area contributed by atoms with Gasteiger partial charge in [0.05, 0.1) is 20.5 Å². The number of nitrogens with zero attached hydrogens (tertiary/aromatic N) is 4. The van der Waals surface area contributed by atoms with Crippen molar-refractivity contribution in [2.75, 3.05) is 32.4 Å². The van der Waals surface area contributed by atoms with E-state index in [1.807, 2.05) is 12.3 Å². The van der Waals surface area contributed by atoms with Gasteiger partial charge < -0.3 is 4.90 Å². The summed E-state index contributed by atoms with van der Waals surface area (Å²) in [5.74, 6) is -0.405. The zero-order chi connectivity index (χ0) is 20.5. The third kappa shape index (κ3) is 4.72. The number of thiazole rings is 1. The Balaban J connectivity index is 1.72. The van der Waals surface area contributed by atoms with Gasteiger partial charge in [-0.2, -0.15) is 0 Å². The molecule has 0 atom stereocenters. The zero-order valence-corrected chi connectivity index (χ0v) is 17.1. The number of hydrogen-bond acceptors (Lipinski definition) is 8. The Labute approximate surface area is 166 Å². The van der Waals surface area contributed by atoms with E-state index in [4.69, 9.17) is 0 Å². The molecule has 0 spiro atoms. The number of rotatable bonds is 5. The summed E-state index contributed by atoms with van der Waals surface area (Å²) < 4.78 is 23.6. The van der Waals surface area contributed by atoms with Crippen molar-refractivity contribution in [3.05, 3.63) is 50.0 Å². The Kier molecular flexibility index (Phi) is 5.77. The van der Waals surface area contributed by atoms with Crippen LogP contribution in [0.4, 0.5) is 5.69 Å². The van der Waals surface area contributed by atoms with E-state index in [-0.39, 0.29) is 10.5 Å². The van der Waals surface area contributed by atoms with Gasteiger partial charge in [0.15, 0.2) is 9.84 Å². The van der Waals surface area contributed by atoms with Crippen molar-refractivity contribution in [3.8, 4) is 0 Å². The molecule has 1 aromatic carbocycles. The van der Waals surface area contributed by atoms with Crippen LogP contribution < -0.4 is 0 Å². The van der Waals surface area contributed by atoms with Gasteiger partial charge >= 0.3 is 0 Å². The molecule has 1 amide bonds. The lowest BCUT2D eigenvalue weighted by atomic mass is 10.1. The topological polar surface area (TPSA) is 114 Å². The Bertz CT molecular complexity index is 1010. The molecular formula is C17H20N4O5S2. The Morgan fingerprint density at radius 1 is 1.25 bits per heavy atom. The van der Waals surface area contributed by atoms with Crippen molar-refractivity contribution in [2.24, 2.45) is 0 Å². The summed E-state index contributed by atoms with van der Waals surface area (Å²) in [7, 11) is -3.68. The van der Waals surface area contributed by atoms with Crippen LogP contribution in [0.3, 0.4) is 0 Å². The first kappa shape index (κ1) is 20.4. The molecule has 1 saturated heterocycles. The summed E-state index contributed by atoms with van der Waals surface area (Å²) in [5.41, 5.74) is 0.598. The third-order valence-electron chi connectivity index (χ3n) is 4.49. The quantitative estimate of drug-likeness (QED) is 0.530. The number of benzene rings is 1. The number of nitro groups is 1. The summed E-state index contributed by atoms with van der Waals surface area (Å²) in [6.07, 6.45) is 0.958. The zero-order valence-electron chi connectivity index (χ0n) is 15.5. The fourth-order valence-electron chi connectivity index (χ4n) is 3.03. The first-order valence-electron chi connectivity index (χ1n) is 8.55. The maximum absolute atomic E-state index is 12.8. The highest BCUT2D eigenvalue weighted by Gasteiger charge is 2.25. The number of amides is 1. The Morgan fingerprint density at radius 2 is 1.93 bits per heavy atom. The Hall–Kier alpha value is -2.37. The van der Waals surface area contributed by atoms with Crippen LogP contribution in [0, 0.1) is 17.0 Å². The van der Waals surface area contributed by atoms with Gasteiger partial charge in [0.1, 0.15) is 0 Å². The molecule has 3 rings (SSSR count). The molecular weight excluding hydrogens is 404 g/mol. The average Bonchev–Trinajstić information content (AvgIpc) is 3.05. The summed E-state index contributed by atoms with van der Waals surface area (Å²) in [5, 5.41) is 14.2. The maximum Gasteiger partial charge on any atom is 0.271 e. The molecule has 1 aliphatic heterocycles. The molecule has 1 aliphatic rings. The van der Waals surface area contributed by atoms with Crippen molar-refractivity contribution >= 4 is 32.8 Å². The van der Waals surface area contributed by atoms with Crippen LogP contribution in [0.15, 0.2) is 28.5 Å². The maximum atomic E-state index is 12.8. The monoisotopic (exact) mass is 424 g/mol. The highest BCUT2D eigenvalue weighted by atomic mass is 32.2. The van der Waals surface area contributed by atoms with Crippen LogP contribution in [-0.4, -0.2) is 66.5 Å². The number of piperazine rings is 1. The normalized spacial score (nSPS) is 15.6. The summed E-state index contributed by atoms with van der Waals surface area (Å²) in [4.78, 5) is 31.2. The summed E-state index contributed by atoms with van der Waals surface area (Å²) in [6.45, 7) is 4.88. The number of carbonyl (C=O) groups is 1. The number of hydrogen-bond donors (Lipinski definition) is 0. The standard InChI is InChI=1S/C17H20N4O5S2/c1-12-18-14(11-27-12)10-19-3-5-20(6-4-19)17(22)13-7-15(21(23)24)9-16(8-13)28(2,25)26/h7-9,11H,3-6,10H2,1-2H3. The van der Waals surface area contributed by atoms with Crippen LogP contribution >= 0.6 is 11.3 Å². The van der Waals surface area contributed by atoms with Crippen molar-refractivity contribution in [3.63, 3.8) is 0 Å². The SMILES string of the molecule is Cc1nc(CN2CCN(C(=O)c3cc([N+](=O)[O-])cc(S(C)(=O)=O)c3)CC2)cs1. The molecule has 1 fully saturated rings. The highest BCUT2D eigenvalue weighted by Crippen LogP contribution is 2.22. The smallest absolute Gasteiger partial charge is 0.271 e. The fraction of sp³-hybridized carbons (Fsp3) is 0.412. The lowest BCUT2D eigenvalue weighted by Gasteiger charge is -2.34. The predicted octanol–water partition coefficient (Wildman–Crippen LogP) is 1.72. The molecule has 0 radical (unpaired) electrons. The van der Waals surface area contributed by atoms with E-state index in [9.17, 15) is 23.3 Å². The van der Waals surface area contributed by atoms with Gasteiger partial charge in [-0.15, -0.1) is 11.3 Å². The van der Waals surface area contributed by atoms with Gasteiger partial charge in [-0.1, -0.05) is 0 Å². The molecule has 9 nitrogen and oxygen atoms in total. The molecule has 150 valence electrons. The van der Waals surface area contributed by atoms with Crippen LogP contribution in [0.2, 0.25) is 0 Å². The Morgan fingerprint density at radius 3 is 2.46 bits per heavy atom. The molecule has 1 aromatic heterocycles. The summed E-state index contributed by atoms with van der Waals surface area (Å²) in [6, 6.07) is 3.30. The van der Waals surface area contributed by atoms with E-state index in [0.717, 1.165) is 29.1 Å². The van der Waals surface area contributed by atoms with Gasteiger partial charge in [0, 0.05) is 62.1 Å². The number of aromatic nitrogens is 1. The number of nitro benzene ring substituents is 1. The third-order valence-corrected chi connectivity index (χ3v) is 6.40. The second kappa shape index (κ2) is 7.94. The van der Waals surface area contributed by atoms with Crippen molar-refractivity contribution in [2.45, 2.75) is 18.4 Å². The van der Waals surface area contributed by atoms with Gasteiger partial charge in [0.2, 0.25) is 0 Å². The number of aryl methyl sites for hydroxylation is 1. The number of carbonyl (C=O) groups excluding carboxylic acids is 1. The minimum atomic E-state index is -3.68. The largest absolute Gasteiger partial charge is 0.336 e. The van der Waals surface area contributed by atoms with Gasteiger partial charge in [-0.05, 0) is 13.0 Å². The lowest BCUT2D eigenvalue weighted by Crippen LogP contribution is -2.48. The van der Waals surface area contributed by atoms with E-state index >= 15 is 0 Å². The predicted molar refractivity (Wildman–Crippen MR) is 104 cm³/mol. The first-order valence-corrected chi connectivity index (χ1v) is 11.3. The van der Waals surface area contributed by atoms with Crippen molar-refractivity contribution < 1.29 is 18.1 Å². The van der Waals surface area contributed by atoms with Crippen LogP contribution in [-0.2, 0) is 16.4 Å². The molecule has 0 bridgehead atoms. The molecule has 0 saturated carbocycles. The van der Waals surface area contributed by atoms with E-state index in [1.54, 1.807) is 16.2 Å². The molecule has 11 heteroatoms. The van der Waals surface area contributed by atoms with Gasteiger partial charge in [-0.3, -0.25) is 19.8 Å². The van der Waals surface area contributed by atoms with Gasteiger partial charge in [-0.25, -0.2) is 13.4 Å². The minimum absolute atomic E-state index is 0.0122. The first-order chi connectivity index (χ1) is 13.1. The molecule has 0 N–H and O–H groups in total. The van der Waals surface area contributed by atoms with Crippen LogP contribution in [0.1, 0.15) is 21.1 Å². The van der Waals surface area contributed by atoms with Gasteiger partial charge in [0.25, 0.3) is 11.6 Å². The highest BCUT2D eigenvalue weighted by molar-refractivity contribution is 7.90. The lowest BCUT2D eigenvalue weighted by molar-refractivity contribution is -0.385. The molecule has 2 aromatic rings. The van der Waals surface area contributed by atoms with E-state index in [1.165, 1.54) is 6.07 Å². The number of sulfone groups is 1. The van der Waals surface area contributed by atoms with E-state index in [0.29, 0.717) is 32.7 Å². The molecule has 0 aliphatic carbocycles. The van der Waals surface area contributed by atoms with Crippen molar-refractivity contribution in [1.82, 2.24) is 14.8 Å². The molecule has 2 heterocycles. The van der Waals surface area contributed by atoms with Crippen LogP contribution in [0.25, 0.3) is 0 Å². The molecule has 0 unspecified atom stereocenters. The minimum Gasteiger partial charge on any atom is -0.336 e. The van der Waals surface area contributed by atoms with E-state index < -0.39 is 26.4 Å². The van der Waals surface area contributed by atoms with Crippen molar-refractivity contribution in [1.29, 1.82) is 0 Å². The van der Waals surface area contributed by atoms with Crippen LogP contribution in [0.5, 0.6) is 0 Å². The molecule has 28 heavy (non-hydrogen) atoms. The summed E-state index contributed by atoms with van der Waals surface area (Å²) >= 11 is 1.60. The second-order valence-electron chi connectivity index (χ2n) is 6.67.